The zero-order valence-corrected chi connectivity index (χ0v) is 14.3. The molecule has 0 saturated carbocycles. The number of aromatic nitrogens is 5. The Labute approximate surface area is 138 Å². The third-order valence-corrected chi connectivity index (χ3v) is 4.50. The summed E-state index contributed by atoms with van der Waals surface area (Å²) in [6.07, 6.45) is 0.759. The third-order valence-electron chi connectivity index (χ3n) is 4.50. The number of likely N-dealkylation sites (N-methyl/N-ethyl adjacent to an activating group) is 1. The van der Waals surface area contributed by atoms with Crippen molar-refractivity contribution in [1.82, 2.24) is 24.3 Å². The van der Waals surface area contributed by atoms with Gasteiger partial charge in [0.25, 0.3) is 5.56 Å². The maximum absolute atomic E-state index is 12.1. The molecule has 130 valence electrons. The number of aryl methyl sites for hydroxylation is 1. The molecule has 1 saturated heterocycles. The van der Waals surface area contributed by atoms with Gasteiger partial charge in [-0.3, -0.25) is 19.0 Å². The van der Waals surface area contributed by atoms with Crippen LogP contribution in [0.25, 0.3) is 0 Å². The normalized spacial score (nSPS) is 20.5. The van der Waals surface area contributed by atoms with E-state index in [2.05, 4.69) is 15.2 Å². The predicted molar refractivity (Wildman–Crippen MR) is 88.4 cm³/mol. The molecule has 2 aromatic heterocycles. The van der Waals surface area contributed by atoms with Crippen molar-refractivity contribution in [3.05, 3.63) is 38.6 Å². The molecule has 9 nitrogen and oxygen atoms in total. The van der Waals surface area contributed by atoms with Gasteiger partial charge in [-0.05, 0) is 13.3 Å². The summed E-state index contributed by atoms with van der Waals surface area (Å²) in [4.78, 5) is 30.3. The molecule has 3 rings (SSSR count). The van der Waals surface area contributed by atoms with Crippen molar-refractivity contribution >= 4 is 5.82 Å². The van der Waals surface area contributed by atoms with Crippen molar-refractivity contribution in [3.8, 4) is 0 Å². The van der Waals surface area contributed by atoms with Crippen molar-refractivity contribution < 1.29 is 4.74 Å². The zero-order valence-electron chi connectivity index (χ0n) is 14.3. The molecular formula is C15H22N6O3. The average molecular weight is 334 g/mol. The van der Waals surface area contributed by atoms with Crippen LogP contribution < -0.4 is 16.1 Å². The van der Waals surface area contributed by atoms with E-state index in [1.54, 1.807) is 7.05 Å². The van der Waals surface area contributed by atoms with E-state index in [0.29, 0.717) is 19.0 Å². The van der Waals surface area contributed by atoms with Crippen molar-refractivity contribution in [2.24, 2.45) is 14.1 Å². The van der Waals surface area contributed by atoms with Gasteiger partial charge in [-0.2, -0.15) is 5.10 Å². The minimum Gasteiger partial charge on any atom is -0.376 e. The molecule has 0 aliphatic carbocycles. The number of rotatable bonds is 4. The Morgan fingerprint density at radius 2 is 2.12 bits per heavy atom. The largest absolute Gasteiger partial charge is 0.376 e. The van der Waals surface area contributed by atoms with E-state index in [9.17, 15) is 9.59 Å². The van der Waals surface area contributed by atoms with Crippen molar-refractivity contribution in [2.75, 3.05) is 25.1 Å². The van der Waals surface area contributed by atoms with Crippen LogP contribution in [0.1, 0.15) is 24.0 Å². The number of anilines is 1. The molecule has 1 aliphatic heterocycles. The average Bonchev–Trinajstić information content (AvgIpc) is 3.17. The van der Waals surface area contributed by atoms with Crippen LogP contribution in [-0.2, 0) is 18.8 Å². The molecule has 0 bridgehead atoms. The number of nitrogens with one attached hydrogen (secondary N) is 1. The number of hydrogen-bond acceptors (Lipinski definition) is 6. The SMILES string of the molecule is Cc1nc([C@@H]2CCO[C@@H]2CN(C)c2cc(=O)n(C)c(=O)n2C)n[nH]1. The van der Waals surface area contributed by atoms with Gasteiger partial charge in [-0.25, -0.2) is 9.78 Å². The molecule has 1 fully saturated rings. The second-order valence-electron chi connectivity index (χ2n) is 6.21. The van der Waals surface area contributed by atoms with Crippen LogP contribution in [0.4, 0.5) is 5.82 Å². The Morgan fingerprint density at radius 3 is 2.79 bits per heavy atom. The van der Waals surface area contributed by atoms with E-state index in [0.717, 1.165) is 22.6 Å². The summed E-state index contributed by atoms with van der Waals surface area (Å²) in [7, 11) is 4.96. The summed E-state index contributed by atoms with van der Waals surface area (Å²) >= 11 is 0. The summed E-state index contributed by atoms with van der Waals surface area (Å²) < 4.78 is 8.39. The van der Waals surface area contributed by atoms with E-state index in [-0.39, 0.29) is 23.3 Å². The van der Waals surface area contributed by atoms with Crippen LogP contribution in [0.15, 0.2) is 15.7 Å². The Hall–Kier alpha value is -2.42. The van der Waals surface area contributed by atoms with Gasteiger partial charge in [0.1, 0.15) is 11.6 Å². The van der Waals surface area contributed by atoms with Gasteiger partial charge in [0, 0.05) is 40.4 Å². The Morgan fingerprint density at radius 1 is 1.38 bits per heavy atom. The summed E-state index contributed by atoms with van der Waals surface area (Å²) in [5.74, 6) is 2.18. The minimum absolute atomic E-state index is 0.0932. The molecule has 0 aromatic carbocycles. The van der Waals surface area contributed by atoms with Gasteiger partial charge < -0.3 is 9.64 Å². The molecule has 1 N–H and O–H groups in total. The first-order valence-electron chi connectivity index (χ1n) is 7.87. The highest BCUT2D eigenvalue weighted by atomic mass is 16.5. The highest BCUT2D eigenvalue weighted by molar-refractivity contribution is 5.37. The summed E-state index contributed by atoms with van der Waals surface area (Å²) in [6, 6.07) is 1.46. The van der Waals surface area contributed by atoms with E-state index < -0.39 is 0 Å². The summed E-state index contributed by atoms with van der Waals surface area (Å²) in [5, 5.41) is 7.10. The van der Waals surface area contributed by atoms with Crippen LogP contribution >= 0.6 is 0 Å². The first kappa shape index (κ1) is 16.4. The Kier molecular flexibility index (Phi) is 4.27. The fourth-order valence-electron chi connectivity index (χ4n) is 3.10. The monoisotopic (exact) mass is 334 g/mol. The maximum Gasteiger partial charge on any atom is 0.332 e. The third kappa shape index (κ3) is 2.86. The Balaban J connectivity index is 1.83. The van der Waals surface area contributed by atoms with Crippen molar-refractivity contribution in [2.45, 2.75) is 25.4 Å². The van der Waals surface area contributed by atoms with Crippen molar-refractivity contribution in [1.29, 1.82) is 0 Å². The van der Waals surface area contributed by atoms with Gasteiger partial charge in [-0.15, -0.1) is 0 Å². The lowest BCUT2D eigenvalue weighted by Crippen LogP contribution is -2.41. The standard InChI is InChI=1S/C15H22N6O3/c1-9-16-14(18-17-9)10-5-6-24-11(10)8-19(2)12-7-13(22)21(4)15(23)20(12)3/h7,10-11H,5-6,8H2,1-4H3,(H,16,17,18)/t10-,11-/m1/s1. The minimum atomic E-state index is -0.349. The molecule has 3 heterocycles. The first-order valence-corrected chi connectivity index (χ1v) is 7.87. The van der Waals surface area contributed by atoms with E-state index in [4.69, 9.17) is 4.74 Å². The van der Waals surface area contributed by atoms with Gasteiger partial charge in [-0.1, -0.05) is 0 Å². The molecule has 2 atom stereocenters. The first-order chi connectivity index (χ1) is 11.4. The van der Waals surface area contributed by atoms with Gasteiger partial charge in [0.05, 0.1) is 12.0 Å². The van der Waals surface area contributed by atoms with Gasteiger partial charge in [0.15, 0.2) is 5.82 Å². The summed E-state index contributed by atoms with van der Waals surface area (Å²) in [6.45, 7) is 3.05. The smallest absolute Gasteiger partial charge is 0.332 e. The zero-order chi connectivity index (χ0) is 17.4. The van der Waals surface area contributed by atoms with Crippen LogP contribution in [0.5, 0.6) is 0 Å². The second-order valence-corrected chi connectivity index (χ2v) is 6.21. The van der Waals surface area contributed by atoms with E-state index >= 15 is 0 Å². The molecule has 0 unspecified atom stereocenters. The Bertz CT molecular complexity index is 852. The van der Waals surface area contributed by atoms with Crippen LogP contribution in [0.3, 0.4) is 0 Å². The van der Waals surface area contributed by atoms with Gasteiger partial charge >= 0.3 is 5.69 Å². The highest BCUT2D eigenvalue weighted by Crippen LogP contribution is 2.30. The number of aromatic amines is 1. The molecule has 0 spiro atoms. The highest BCUT2D eigenvalue weighted by Gasteiger charge is 2.33. The molecule has 24 heavy (non-hydrogen) atoms. The maximum atomic E-state index is 12.1. The molecule has 0 radical (unpaired) electrons. The summed E-state index contributed by atoms with van der Waals surface area (Å²) in [5.41, 5.74) is -0.675. The van der Waals surface area contributed by atoms with Crippen molar-refractivity contribution in [3.63, 3.8) is 0 Å². The fraction of sp³-hybridized carbons (Fsp3) is 0.600. The van der Waals surface area contributed by atoms with Gasteiger partial charge in [0.2, 0.25) is 0 Å². The van der Waals surface area contributed by atoms with E-state index in [1.165, 1.54) is 17.7 Å². The molecular weight excluding hydrogens is 312 g/mol. The molecule has 9 heteroatoms. The number of ether oxygens (including phenoxy) is 1. The lowest BCUT2D eigenvalue weighted by atomic mass is 10.0. The molecule has 1 aliphatic rings. The number of hydrogen-bond donors (Lipinski definition) is 1. The van der Waals surface area contributed by atoms with E-state index in [1.807, 2.05) is 18.9 Å². The second kappa shape index (κ2) is 6.23. The molecule has 2 aromatic rings. The predicted octanol–water partition coefficient (Wildman–Crippen LogP) is -0.481. The van der Waals surface area contributed by atoms with Crippen LogP contribution in [0.2, 0.25) is 0 Å². The lowest BCUT2D eigenvalue weighted by molar-refractivity contribution is 0.108. The topological polar surface area (TPSA) is 98.0 Å². The van der Waals surface area contributed by atoms with Crippen LogP contribution in [-0.4, -0.2) is 50.6 Å². The number of H-pyrrole nitrogens is 1. The lowest BCUT2D eigenvalue weighted by Gasteiger charge is -2.26. The number of nitrogens with zero attached hydrogens (tertiary/aromatic N) is 5. The molecule has 0 amide bonds. The fourth-order valence-corrected chi connectivity index (χ4v) is 3.10. The quantitative estimate of drug-likeness (QED) is 0.811. The van der Waals surface area contributed by atoms with Crippen LogP contribution in [0, 0.1) is 6.92 Å².